The van der Waals surface area contributed by atoms with Gasteiger partial charge >= 0.3 is 12.1 Å². The maximum absolute atomic E-state index is 12.6. The second-order valence-corrected chi connectivity index (χ2v) is 6.02. The minimum absolute atomic E-state index is 0.0645. The van der Waals surface area contributed by atoms with Crippen LogP contribution in [0.4, 0.5) is 13.2 Å². The second kappa shape index (κ2) is 7.63. The number of benzene rings is 1. The number of carbonyl (C=O) groups is 2. The minimum Gasteiger partial charge on any atom is -0.481 e. The summed E-state index contributed by atoms with van der Waals surface area (Å²) < 4.78 is 42.9. The van der Waals surface area contributed by atoms with Crippen LogP contribution in [0.15, 0.2) is 34.9 Å². The van der Waals surface area contributed by atoms with Gasteiger partial charge in [0.25, 0.3) is 5.91 Å². The van der Waals surface area contributed by atoms with E-state index in [1.807, 2.05) is 0 Å². The number of aliphatic carboxylic acids is 1. The van der Waals surface area contributed by atoms with Crippen molar-refractivity contribution in [2.24, 2.45) is 0 Å². The predicted octanol–water partition coefficient (Wildman–Crippen LogP) is 3.77. The van der Waals surface area contributed by atoms with Crippen molar-refractivity contribution in [3.05, 3.63) is 58.5 Å². The van der Waals surface area contributed by atoms with E-state index in [9.17, 15) is 22.8 Å². The van der Waals surface area contributed by atoms with Crippen molar-refractivity contribution in [3.63, 3.8) is 0 Å². The van der Waals surface area contributed by atoms with E-state index in [0.717, 1.165) is 12.1 Å². The quantitative estimate of drug-likeness (QED) is 0.812. The van der Waals surface area contributed by atoms with Crippen molar-refractivity contribution < 1.29 is 32.3 Å². The molecule has 0 aliphatic carbocycles. The Hall–Kier alpha value is -2.77. The Morgan fingerprint density at radius 2 is 1.85 bits per heavy atom. The Morgan fingerprint density at radius 3 is 2.38 bits per heavy atom. The Morgan fingerprint density at radius 1 is 1.23 bits per heavy atom. The Balaban J connectivity index is 2.03. The van der Waals surface area contributed by atoms with Crippen LogP contribution in [0.3, 0.4) is 0 Å². The Bertz CT molecular complexity index is 794. The highest BCUT2D eigenvalue weighted by Gasteiger charge is 2.30. The van der Waals surface area contributed by atoms with Crippen LogP contribution in [0.1, 0.15) is 45.7 Å². The van der Waals surface area contributed by atoms with Crippen molar-refractivity contribution in [1.29, 1.82) is 0 Å². The summed E-state index contributed by atoms with van der Waals surface area (Å²) in [5, 5.41) is 11.5. The highest BCUT2D eigenvalue weighted by atomic mass is 19.4. The maximum Gasteiger partial charge on any atom is 0.416 e. The van der Waals surface area contributed by atoms with E-state index in [-0.39, 0.29) is 23.8 Å². The van der Waals surface area contributed by atoms with Crippen molar-refractivity contribution in [3.8, 4) is 0 Å². The number of nitrogens with one attached hydrogen (secondary N) is 1. The van der Waals surface area contributed by atoms with Crippen molar-refractivity contribution in [2.75, 3.05) is 6.54 Å². The van der Waals surface area contributed by atoms with Gasteiger partial charge in [0.2, 0.25) is 0 Å². The molecule has 0 fully saturated rings. The molecule has 0 spiro atoms. The molecular formula is C18H18F3NO4. The van der Waals surface area contributed by atoms with Crippen molar-refractivity contribution >= 4 is 11.9 Å². The average Bonchev–Trinajstić information content (AvgIpc) is 2.91. The van der Waals surface area contributed by atoms with Gasteiger partial charge in [-0.05, 0) is 30.5 Å². The van der Waals surface area contributed by atoms with E-state index in [0.29, 0.717) is 11.1 Å². The van der Waals surface area contributed by atoms with Gasteiger partial charge in [-0.25, -0.2) is 0 Å². The summed E-state index contributed by atoms with van der Waals surface area (Å²) in [6.45, 7) is 3.58. The Labute approximate surface area is 147 Å². The highest BCUT2D eigenvalue weighted by molar-refractivity contribution is 5.97. The number of carbonyl (C=O) groups excluding carboxylic acids is 1. The highest BCUT2D eigenvalue weighted by Crippen LogP contribution is 2.30. The molecule has 1 aromatic heterocycles. The monoisotopic (exact) mass is 369 g/mol. The van der Waals surface area contributed by atoms with Gasteiger partial charge in [-0.1, -0.05) is 19.1 Å². The predicted molar refractivity (Wildman–Crippen MR) is 87.0 cm³/mol. The number of amides is 1. The number of hydrogen-bond acceptors (Lipinski definition) is 3. The number of halogens is 3. The molecule has 2 aromatic rings. The summed E-state index contributed by atoms with van der Waals surface area (Å²) in [5.41, 5.74) is 0.603. The molecule has 0 aliphatic heterocycles. The topological polar surface area (TPSA) is 79.5 Å². The SMILES string of the molecule is Cc1coc(CC(=O)O)c1C(=O)NCC(C)c1ccc(C(F)(F)F)cc1. The molecule has 1 aromatic carbocycles. The molecule has 0 saturated carbocycles. The van der Waals surface area contributed by atoms with Gasteiger partial charge in [0.15, 0.2) is 0 Å². The fourth-order valence-corrected chi connectivity index (χ4v) is 2.52. The summed E-state index contributed by atoms with van der Waals surface area (Å²) in [4.78, 5) is 23.2. The molecule has 5 nitrogen and oxygen atoms in total. The number of alkyl halides is 3. The number of carboxylic acid groups (broad SMARTS) is 1. The summed E-state index contributed by atoms with van der Waals surface area (Å²) in [5.74, 6) is -1.76. The van der Waals surface area contributed by atoms with Gasteiger partial charge in [0.1, 0.15) is 12.2 Å². The first-order valence-electron chi connectivity index (χ1n) is 7.83. The molecule has 1 atom stereocenters. The second-order valence-electron chi connectivity index (χ2n) is 6.02. The van der Waals surface area contributed by atoms with Gasteiger partial charge in [-0.2, -0.15) is 13.2 Å². The van der Waals surface area contributed by atoms with Gasteiger partial charge < -0.3 is 14.8 Å². The summed E-state index contributed by atoms with van der Waals surface area (Å²) >= 11 is 0. The van der Waals surface area contributed by atoms with Crippen LogP contribution < -0.4 is 5.32 Å². The average molecular weight is 369 g/mol. The third-order valence-corrected chi connectivity index (χ3v) is 3.97. The van der Waals surface area contributed by atoms with Crippen LogP contribution >= 0.6 is 0 Å². The fraction of sp³-hybridized carbons (Fsp3) is 0.333. The van der Waals surface area contributed by atoms with Crippen molar-refractivity contribution in [2.45, 2.75) is 32.4 Å². The zero-order chi connectivity index (χ0) is 19.5. The molecular weight excluding hydrogens is 351 g/mol. The van der Waals surface area contributed by atoms with E-state index in [2.05, 4.69) is 5.32 Å². The van der Waals surface area contributed by atoms with Crippen LogP contribution in [-0.2, 0) is 17.4 Å². The summed E-state index contributed by atoms with van der Waals surface area (Å²) in [6, 6.07) is 4.74. The minimum atomic E-state index is -4.39. The van der Waals surface area contributed by atoms with E-state index in [1.165, 1.54) is 18.4 Å². The normalized spacial score (nSPS) is 12.7. The molecule has 26 heavy (non-hydrogen) atoms. The molecule has 140 valence electrons. The number of carboxylic acids is 1. The first kappa shape index (κ1) is 19.6. The lowest BCUT2D eigenvalue weighted by atomic mass is 9.99. The lowest BCUT2D eigenvalue weighted by Crippen LogP contribution is -2.28. The summed E-state index contributed by atoms with van der Waals surface area (Å²) in [7, 11) is 0. The smallest absolute Gasteiger partial charge is 0.416 e. The number of furan rings is 1. The molecule has 0 bridgehead atoms. The number of rotatable bonds is 6. The lowest BCUT2D eigenvalue weighted by molar-refractivity contribution is -0.138. The molecule has 1 unspecified atom stereocenters. The molecule has 8 heteroatoms. The first-order valence-corrected chi connectivity index (χ1v) is 7.83. The van der Waals surface area contributed by atoms with E-state index in [4.69, 9.17) is 9.52 Å². The van der Waals surface area contributed by atoms with Crippen LogP contribution in [0.5, 0.6) is 0 Å². The van der Waals surface area contributed by atoms with Crippen LogP contribution in [-0.4, -0.2) is 23.5 Å². The first-order chi connectivity index (χ1) is 12.1. The summed E-state index contributed by atoms with van der Waals surface area (Å²) in [6.07, 6.45) is -3.49. The maximum atomic E-state index is 12.6. The Kier molecular flexibility index (Phi) is 5.74. The largest absolute Gasteiger partial charge is 0.481 e. The molecule has 1 amide bonds. The van der Waals surface area contributed by atoms with Gasteiger partial charge in [-0.3, -0.25) is 9.59 Å². The van der Waals surface area contributed by atoms with Crippen LogP contribution in [0.2, 0.25) is 0 Å². The van der Waals surface area contributed by atoms with Crippen LogP contribution in [0.25, 0.3) is 0 Å². The van der Waals surface area contributed by atoms with Gasteiger partial charge in [0.05, 0.1) is 17.4 Å². The third kappa shape index (κ3) is 4.65. The fourth-order valence-electron chi connectivity index (χ4n) is 2.52. The molecule has 2 N–H and O–H groups in total. The molecule has 0 radical (unpaired) electrons. The van der Waals surface area contributed by atoms with E-state index < -0.39 is 30.0 Å². The standard InChI is InChI=1S/C18H18F3NO4/c1-10(12-3-5-13(6-4-12)18(19,20)21)8-22-17(25)16-11(2)9-26-14(16)7-15(23)24/h3-6,9-10H,7-8H2,1-2H3,(H,22,25)(H,23,24). The third-order valence-electron chi connectivity index (χ3n) is 3.97. The van der Waals surface area contributed by atoms with E-state index in [1.54, 1.807) is 13.8 Å². The van der Waals surface area contributed by atoms with Crippen molar-refractivity contribution in [1.82, 2.24) is 5.32 Å². The van der Waals surface area contributed by atoms with Crippen LogP contribution in [0, 0.1) is 6.92 Å². The molecule has 2 rings (SSSR count). The van der Waals surface area contributed by atoms with Gasteiger partial charge in [-0.15, -0.1) is 0 Å². The number of hydrogen-bond donors (Lipinski definition) is 2. The number of aryl methyl sites for hydroxylation is 1. The van der Waals surface area contributed by atoms with Gasteiger partial charge in [0, 0.05) is 12.1 Å². The zero-order valence-electron chi connectivity index (χ0n) is 14.2. The molecule has 0 saturated heterocycles. The molecule has 0 aliphatic rings. The van der Waals surface area contributed by atoms with E-state index >= 15 is 0 Å². The lowest BCUT2D eigenvalue weighted by Gasteiger charge is -2.14. The zero-order valence-corrected chi connectivity index (χ0v) is 14.2. The molecule has 1 heterocycles.